The number of anilines is 1. The van der Waals surface area contributed by atoms with Crippen LogP contribution < -0.4 is 4.90 Å². The summed E-state index contributed by atoms with van der Waals surface area (Å²) in [5.41, 5.74) is 1.25. The molecule has 0 aromatic carbocycles. The van der Waals surface area contributed by atoms with E-state index in [0.29, 0.717) is 0 Å². The third kappa shape index (κ3) is 3.82. The van der Waals surface area contributed by atoms with E-state index in [0.717, 1.165) is 38.7 Å². The molecular weight excluding hydrogens is 276 g/mol. The summed E-state index contributed by atoms with van der Waals surface area (Å²) in [7, 11) is 0. The third-order valence-corrected chi connectivity index (χ3v) is 4.23. The molecule has 1 aliphatic heterocycles. The van der Waals surface area contributed by atoms with E-state index >= 15 is 0 Å². The van der Waals surface area contributed by atoms with E-state index in [4.69, 9.17) is 0 Å². The van der Waals surface area contributed by atoms with Gasteiger partial charge < -0.3 is 4.90 Å². The van der Waals surface area contributed by atoms with Crippen LogP contribution in [-0.2, 0) is 6.54 Å². The van der Waals surface area contributed by atoms with Gasteiger partial charge in [-0.25, -0.2) is 9.97 Å². The fourth-order valence-electron chi connectivity index (χ4n) is 2.86. The summed E-state index contributed by atoms with van der Waals surface area (Å²) < 4.78 is 2.09. The smallest absolute Gasteiger partial charge is 0.225 e. The van der Waals surface area contributed by atoms with Crippen LogP contribution in [0.5, 0.6) is 0 Å². The summed E-state index contributed by atoms with van der Waals surface area (Å²) in [6, 6.07) is 3.92. The van der Waals surface area contributed by atoms with Crippen LogP contribution in [0, 0.1) is 6.92 Å². The van der Waals surface area contributed by atoms with Gasteiger partial charge >= 0.3 is 0 Å². The molecule has 0 aliphatic carbocycles. The molecule has 3 heterocycles. The van der Waals surface area contributed by atoms with E-state index in [2.05, 4.69) is 42.5 Å². The molecule has 0 atom stereocenters. The largest absolute Gasteiger partial charge is 0.338 e. The first-order valence-electron chi connectivity index (χ1n) is 8.06. The highest BCUT2D eigenvalue weighted by molar-refractivity contribution is 5.29. The van der Waals surface area contributed by atoms with Crippen LogP contribution in [0.3, 0.4) is 0 Å². The summed E-state index contributed by atoms with van der Waals surface area (Å²) in [6.45, 7) is 8.53. The number of aromatic nitrogens is 4. The molecule has 0 bridgehead atoms. The van der Waals surface area contributed by atoms with Gasteiger partial charge in [0.15, 0.2) is 0 Å². The van der Waals surface area contributed by atoms with E-state index < -0.39 is 0 Å². The minimum absolute atomic E-state index is 0.858. The quantitative estimate of drug-likeness (QED) is 0.758. The normalized spacial score (nSPS) is 16.1. The first-order valence-corrected chi connectivity index (χ1v) is 8.06. The van der Waals surface area contributed by atoms with Gasteiger partial charge in [0, 0.05) is 57.0 Å². The lowest BCUT2D eigenvalue weighted by molar-refractivity contribution is 0.249. The molecule has 0 unspecified atom stereocenters. The van der Waals surface area contributed by atoms with Crippen molar-refractivity contribution in [2.45, 2.75) is 26.3 Å². The number of nitrogens with zero attached hydrogens (tertiary/aromatic N) is 6. The monoisotopic (exact) mass is 300 g/mol. The average molecular weight is 300 g/mol. The van der Waals surface area contributed by atoms with Gasteiger partial charge in [0.1, 0.15) is 0 Å². The van der Waals surface area contributed by atoms with Crippen LogP contribution in [0.2, 0.25) is 0 Å². The predicted octanol–water partition coefficient (Wildman–Crippen LogP) is 1.58. The molecule has 0 saturated carbocycles. The molecule has 118 valence electrons. The Bertz CT molecular complexity index is 559. The van der Waals surface area contributed by atoms with Gasteiger partial charge in [-0.2, -0.15) is 5.10 Å². The van der Waals surface area contributed by atoms with Crippen molar-refractivity contribution in [1.29, 1.82) is 0 Å². The van der Waals surface area contributed by atoms with Gasteiger partial charge in [0.05, 0.1) is 0 Å². The molecule has 0 amide bonds. The Morgan fingerprint density at radius 3 is 2.36 bits per heavy atom. The molecule has 6 nitrogen and oxygen atoms in total. The van der Waals surface area contributed by atoms with E-state index in [1.807, 2.05) is 24.7 Å². The van der Waals surface area contributed by atoms with Gasteiger partial charge in [0.25, 0.3) is 0 Å². The highest BCUT2D eigenvalue weighted by atomic mass is 15.3. The average Bonchev–Trinajstić information content (AvgIpc) is 2.98. The van der Waals surface area contributed by atoms with Crippen molar-refractivity contribution in [2.75, 3.05) is 37.6 Å². The second-order valence-corrected chi connectivity index (χ2v) is 5.78. The lowest BCUT2D eigenvalue weighted by atomic mass is 10.2. The van der Waals surface area contributed by atoms with Crippen molar-refractivity contribution in [3.63, 3.8) is 0 Å². The van der Waals surface area contributed by atoms with E-state index in [1.165, 1.54) is 25.1 Å². The van der Waals surface area contributed by atoms with Crippen molar-refractivity contribution in [3.05, 3.63) is 36.4 Å². The molecule has 1 aliphatic rings. The lowest BCUT2D eigenvalue weighted by Gasteiger charge is -2.34. The number of rotatable bonds is 6. The fraction of sp³-hybridized carbons (Fsp3) is 0.562. The number of unbranched alkanes of at least 4 members (excludes halogenated alkanes) is 1. The van der Waals surface area contributed by atoms with Crippen LogP contribution in [-0.4, -0.2) is 57.4 Å². The Labute approximate surface area is 131 Å². The maximum atomic E-state index is 4.33. The molecule has 2 aromatic heterocycles. The highest BCUT2D eigenvalue weighted by Crippen LogP contribution is 2.10. The van der Waals surface area contributed by atoms with Crippen LogP contribution >= 0.6 is 0 Å². The van der Waals surface area contributed by atoms with Crippen LogP contribution in [0.15, 0.2) is 30.7 Å². The van der Waals surface area contributed by atoms with Crippen molar-refractivity contribution in [1.82, 2.24) is 24.6 Å². The molecule has 22 heavy (non-hydrogen) atoms. The van der Waals surface area contributed by atoms with Crippen molar-refractivity contribution >= 4 is 5.95 Å². The SMILES string of the molecule is Cc1ccnn1CCCCN1CCN(c2ncccn2)CC1. The second kappa shape index (κ2) is 7.35. The molecular formula is C16H24N6. The zero-order valence-electron chi connectivity index (χ0n) is 13.2. The first-order chi connectivity index (χ1) is 10.8. The zero-order chi connectivity index (χ0) is 15.2. The number of hydrogen-bond donors (Lipinski definition) is 0. The van der Waals surface area contributed by atoms with E-state index in [-0.39, 0.29) is 0 Å². The van der Waals surface area contributed by atoms with Gasteiger partial charge in [-0.05, 0) is 38.4 Å². The highest BCUT2D eigenvalue weighted by Gasteiger charge is 2.18. The molecule has 6 heteroatoms. The standard InChI is InChI=1S/C16H24N6/c1-15-5-8-19-22(15)10-3-2-9-20-11-13-21(14-12-20)16-17-6-4-7-18-16/h4-8H,2-3,9-14H2,1H3. The molecule has 0 radical (unpaired) electrons. The molecule has 2 aromatic rings. The maximum Gasteiger partial charge on any atom is 0.225 e. The van der Waals surface area contributed by atoms with E-state index in [9.17, 15) is 0 Å². The summed E-state index contributed by atoms with van der Waals surface area (Å²) >= 11 is 0. The van der Waals surface area contributed by atoms with Crippen LogP contribution in [0.4, 0.5) is 5.95 Å². The Balaban J connectivity index is 1.35. The van der Waals surface area contributed by atoms with E-state index in [1.54, 1.807) is 0 Å². The minimum Gasteiger partial charge on any atom is -0.338 e. The molecule has 3 rings (SSSR count). The predicted molar refractivity (Wildman–Crippen MR) is 86.9 cm³/mol. The third-order valence-electron chi connectivity index (χ3n) is 4.23. The van der Waals surface area contributed by atoms with Gasteiger partial charge in [-0.3, -0.25) is 9.58 Å². The summed E-state index contributed by atoms with van der Waals surface area (Å²) in [5.74, 6) is 0.858. The summed E-state index contributed by atoms with van der Waals surface area (Å²) in [6.07, 6.45) is 7.91. The zero-order valence-corrected chi connectivity index (χ0v) is 13.2. The summed E-state index contributed by atoms with van der Waals surface area (Å²) in [4.78, 5) is 13.5. The van der Waals surface area contributed by atoms with Crippen molar-refractivity contribution < 1.29 is 0 Å². The minimum atomic E-state index is 0.858. The Kier molecular flexibility index (Phi) is 5.00. The topological polar surface area (TPSA) is 50.1 Å². The fourth-order valence-corrected chi connectivity index (χ4v) is 2.86. The molecule has 0 N–H and O–H groups in total. The molecule has 0 spiro atoms. The van der Waals surface area contributed by atoms with Gasteiger partial charge in [-0.1, -0.05) is 0 Å². The lowest BCUT2D eigenvalue weighted by Crippen LogP contribution is -2.47. The number of hydrogen-bond acceptors (Lipinski definition) is 5. The first kappa shape index (κ1) is 15.0. The van der Waals surface area contributed by atoms with Gasteiger partial charge in [0.2, 0.25) is 5.95 Å². The van der Waals surface area contributed by atoms with Crippen LogP contribution in [0.25, 0.3) is 0 Å². The summed E-state index contributed by atoms with van der Waals surface area (Å²) in [5, 5.41) is 4.33. The van der Waals surface area contributed by atoms with Crippen molar-refractivity contribution in [2.24, 2.45) is 0 Å². The Morgan fingerprint density at radius 1 is 0.955 bits per heavy atom. The molecule has 1 fully saturated rings. The number of piperazine rings is 1. The Morgan fingerprint density at radius 2 is 1.68 bits per heavy atom. The van der Waals surface area contributed by atoms with Crippen LogP contribution in [0.1, 0.15) is 18.5 Å². The molecule has 1 saturated heterocycles. The van der Waals surface area contributed by atoms with Crippen molar-refractivity contribution in [3.8, 4) is 0 Å². The maximum absolute atomic E-state index is 4.33. The Hall–Kier alpha value is -1.95. The number of aryl methyl sites for hydroxylation is 2. The second-order valence-electron chi connectivity index (χ2n) is 5.78. The van der Waals surface area contributed by atoms with Gasteiger partial charge in [-0.15, -0.1) is 0 Å².